The van der Waals surface area contributed by atoms with Crippen LogP contribution in [0.25, 0.3) is 0 Å². The van der Waals surface area contributed by atoms with Crippen molar-refractivity contribution in [2.45, 2.75) is 39.7 Å². The Balaban J connectivity index is 1.36. The molecule has 0 bridgehead atoms. The van der Waals surface area contributed by atoms with Crippen LogP contribution in [0, 0.1) is 13.8 Å². The topological polar surface area (TPSA) is 75.9 Å². The number of ether oxygens (including phenoxy) is 1. The van der Waals surface area contributed by atoms with Gasteiger partial charge in [0.15, 0.2) is 0 Å². The minimum atomic E-state index is -0.611. The molecule has 0 unspecified atom stereocenters. The molecule has 7 heteroatoms. The Labute approximate surface area is 200 Å². The number of carbonyl (C=O) groups excluding carboxylic acids is 2. The number of aromatic nitrogens is 1. The lowest BCUT2D eigenvalue weighted by atomic mass is 9.83. The molecule has 1 aliphatic heterocycles. The number of aryl methyl sites for hydroxylation is 2. The maximum absolute atomic E-state index is 13.2. The molecule has 0 saturated carbocycles. The molecule has 178 valence electrons. The number of benzene rings is 2. The van der Waals surface area contributed by atoms with Crippen molar-refractivity contribution in [3.8, 4) is 5.75 Å². The van der Waals surface area contributed by atoms with Crippen molar-refractivity contribution in [3.05, 3.63) is 82.7 Å². The van der Waals surface area contributed by atoms with Gasteiger partial charge in [-0.1, -0.05) is 41.6 Å². The van der Waals surface area contributed by atoms with E-state index in [2.05, 4.69) is 5.16 Å². The molecule has 1 fully saturated rings. The van der Waals surface area contributed by atoms with Crippen LogP contribution < -0.4 is 4.74 Å². The highest BCUT2D eigenvalue weighted by Gasteiger charge is 2.35. The second kappa shape index (κ2) is 9.71. The fourth-order valence-corrected chi connectivity index (χ4v) is 4.25. The summed E-state index contributed by atoms with van der Waals surface area (Å²) in [6.45, 7) is 10.00. The van der Waals surface area contributed by atoms with E-state index < -0.39 is 5.41 Å². The third-order valence-electron chi connectivity index (χ3n) is 6.53. The number of nitrogens with zero attached hydrogens (tertiary/aromatic N) is 3. The summed E-state index contributed by atoms with van der Waals surface area (Å²) in [7, 11) is 0. The lowest BCUT2D eigenvalue weighted by molar-refractivity contribution is -0.137. The van der Waals surface area contributed by atoms with Gasteiger partial charge in [0.25, 0.3) is 5.91 Å². The fourth-order valence-electron chi connectivity index (χ4n) is 4.25. The van der Waals surface area contributed by atoms with Gasteiger partial charge in [-0.15, -0.1) is 0 Å². The van der Waals surface area contributed by atoms with Crippen molar-refractivity contribution in [2.24, 2.45) is 0 Å². The number of rotatable bonds is 6. The van der Waals surface area contributed by atoms with Gasteiger partial charge in [0.2, 0.25) is 5.91 Å². The van der Waals surface area contributed by atoms with E-state index in [0.717, 1.165) is 22.6 Å². The first-order chi connectivity index (χ1) is 16.3. The average Bonchev–Trinajstić information content (AvgIpc) is 3.19. The van der Waals surface area contributed by atoms with E-state index in [9.17, 15) is 9.59 Å². The van der Waals surface area contributed by atoms with Crippen molar-refractivity contribution in [3.63, 3.8) is 0 Å². The highest BCUT2D eigenvalue weighted by molar-refractivity contribution is 5.95. The van der Waals surface area contributed by atoms with Gasteiger partial charge in [-0.25, -0.2) is 0 Å². The summed E-state index contributed by atoms with van der Waals surface area (Å²) in [6, 6.07) is 17.0. The first-order valence-corrected chi connectivity index (χ1v) is 11.6. The maximum Gasteiger partial charge on any atom is 0.254 e. The molecule has 1 saturated heterocycles. The molecule has 2 amide bonds. The van der Waals surface area contributed by atoms with Gasteiger partial charge >= 0.3 is 0 Å². The van der Waals surface area contributed by atoms with E-state index in [1.54, 1.807) is 17.0 Å². The molecule has 3 aromatic rings. The fraction of sp³-hybridized carbons (Fsp3) is 0.370. The third kappa shape index (κ3) is 4.83. The Kier molecular flexibility index (Phi) is 6.72. The van der Waals surface area contributed by atoms with Gasteiger partial charge in [-0.3, -0.25) is 9.59 Å². The number of carbonyl (C=O) groups is 2. The Morgan fingerprint density at radius 2 is 1.65 bits per heavy atom. The molecule has 0 radical (unpaired) electrons. The van der Waals surface area contributed by atoms with Crippen LogP contribution in [0.15, 0.2) is 59.1 Å². The summed E-state index contributed by atoms with van der Waals surface area (Å²) in [5.74, 6) is 1.37. The van der Waals surface area contributed by atoms with Gasteiger partial charge in [0.1, 0.15) is 18.1 Å². The molecule has 34 heavy (non-hydrogen) atoms. The van der Waals surface area contributed by atoms with E-state index >= 15 is 0 Å². The summed E-state index contributed by atoms with van der Waals surface area (Å²) < 4.78 is 11.1. The highest BCUT2D eigenvalue weighted by Crippen LogP contribution is 2.26. The van der Waals surface area contributed by atoms with Crippen molar-refractivity contribution >= 4 is 11.8 Å². The first kappa shape index (κ1) is 23.5. The van der Waals surface area contributed by atoms with Gasteiger partial charge in [0, 0.05) is 31.7 Å². The molecule has 4 rings (SSSR count). The van der Waals surface area contributed by atoms with Gasteiger partial charge in [-0.05, 0) is 51.5 Å². The molecule has 0 spiro atoms. The van der Waals surface area contributed by atoms with E-state index in [1.807, 2.05) is 75.1 Å². The van der Waals surface area contributed by atoms with Crippen LogP contribution in [0.1, 0.15) is 46.8 Å². The van der Waals surface area contributed by atoms with E-state index in [-0.39, 0.29) is 11.8 Å². The van der Waals surface area contributed by atoms with Crippen molar-refractivity contribution in [1.82, 2.24) is 15.0 Å². The average molecular weight is 462 g/mol. The maximum atomic E-state index is 13.2. The molecule has 2 aromatic carbocycles. The van der Waals surface area contributed by atoms with E-state index in [4.69, 9.17) is 9.26 Å². The Morgan fingerprint density at radius 1 is 0.971 bits per heavy atom. The third-order valence-corrected chi connectivity index (χ3v) is 6.53. The number of hydrogen-bond donors (Lipinski definition) is 0. The zero-order valence-corrected chi connectivity index (χ0v) is 20.2. The number of hydrogen-bond acceptors (Lipinski definition) is 5. The molecule has 0 atom stereocenters. The molecular weight excluding hydrogens is 430 g/mol. The van der Waals surface area contributed by atoms with Crippen molar-refractivity contribution < 1.29 is 18.8 Å². The first-order valence-electron chi connectivity index (χ1n) is 11.6. The molecular formula is C27H31N3O4. The smallest absolute Gasteiger partial charge is 0.254 e. The molecule has 1 aliphatic rings. The van der Waals surface area contributed by atoms with Crippen molar-refractivity contribution in [2.75, 3.05) is 26.2 Å². The lowest BCUT2D eigenvalue weighted by Gasteiger charge is -2.38. The van der Waals surface area contributed by atoms with Crippen molar-refractivity contribution in [1.29, 1.82) is 0 Å². The molecule has 7 nitrogen and oxygen atoms in total. The summed E-state index contributed by atoms with van der Waals surface area (Å²) in [6.07, 6.45) is 0. The minimum Gasteiger partial charge on any atom is -0.489 e. The van der Waals surface area contributed by atoms with Crippen LogP contribution in [0.3, 0.4) is 0 Å². The van der Waals surface area contributed by atoms with Gasteiger partial charge in [0.05, 0.1) is 16.7 Å². The van der Waals surface area contributed by atoms with Crippen LogP contribution in [-0.2, 0) is 16.8 Å². The van der Waals surface area contributed by atoms with Crippen LogP contribution >= 0.6 is 0 Å². The van der Waals surface area contributed by atoms with E-state index in [1.165, 1.54) is 0 Å². The normalized spacial score (nSPS) is 14.2. The van der Waals surface area contributed by atoms with Gasteiger partial charge < -0.3 is 19.1 Å². The van der Waals surface area contributed by atoms with Crippen LogP contribution in [0.5, 0.6) is 5.75 Å². The predicted octanol–water partition coefficient (Wildman–Crippen LogP) is 4.13. The van der Waals surface area contributed by atoms with Gasteiger partial charge in [-0.2, -0.15) is 0 Å². The Morgan fingerprint density at radius 3 is 2.29 bits per heavy atom. The zero-order chi connectivity index (χ0) is 24.3. The van der Waals surface area contributed by atoms with Crippen LogP contribution in [0.4, 0.5) is 0 Å². The molecule has 1 aromatic heterocycles. The summed E-state index contributed by atoms with van der Waals surface area (Å²) in [5.41, 5.74) is 2.66. The predicted molar refractivity (Wildman–Crippen MR) is 129 cm³/mol. The molecule has 0 N–H and O–H groups in total. The Hall–Kier alpha value is -3.61. The van der Waals surface area contributed by atoms with Crippen LogP contribution in [0.2, 0.25) is 0 Å². The van der Waals surface area contributed by atoms with Crippen LogP contribution in [-0.4, -0.2) is 52.9 Å². The quantitative estimate of drug-likeness (QED) is 0.552. The van der Waals surface area contributed by atoms with E-state index in [0.29, 0.717) is 44.1 Å². The molecule has 0 aliphatic carbocycles. The number of piperazine rings is 1. The molecule has 2 heterocycles. The minimum absolute atomic E-state index is 0.0581. The second-order valence-electron chi connectivity index (χ2n) is 9.19. The number of amides is 2. The second-order valence-corrected chi connectivity index (χ2v) is 9.19. The lowest BCUT2D eigenvalue weighted by Crippen LogP contribution is -2.54. The zero-order valence-electron chi connectivity index (χ0n) is 20.2. The summed E-state index contributed by atoms with van der Waals surface area (Å²) >= 11 is 0. The summed E-state index contributed by atoms with van der Waals surface area (Å²) in [4.78, 5) is 30.0. The monoisotopic (exact) mass is 461 g/mol. The highest BCUT2D eigenvalue weighted by atomic mass is 16.5. The Bertz CT molecular complexity index is 1140. The summed E-state index contributed by atoms with van der Waals surface area (Å²) in [5, 5.41) is 3.94. The SMILES string of the molecule is Cc1noc(C)c1COc1cccc(C(=O)N2CCN(C(=O)C(C)(C)c3ccccc3)CC2)c1. The standard InChI is InChI=1S/C27H31N3O4/c1-19-24(20(2)34-28-19)18-33-23-12-8-9-21(17-23)25(31)29-13-15-30(16-14-29)26(32)27(3,4)22-10-6-5-7-11-22/h5-12,17H,13-16,18H2,1-4H3. The largest absolute Gasteiger partial charge is 0.489 e.